The maximum Gasteiger partial charge on any atom is 0.216 e. The molecular weight excluding hydrogens is 130 g/mol. The van der Waals surface area contributed by atoms with Crippen molar-refractivity contribution in [3.63, 3.8) is 0 Å². The van der Waals surface area contributed by atoms with Crippen molar-refractivity contribution in [3.05, 3.63) is 23.7 Å². The van der Waals surface area contributed by atoms with Crippen molar-refractivity contribution in [1.82, 2.24) is 0 Å². The lowest BCUT2D eigenvalue weighted by Crippen LogP contribution is -2.00. The fourth-order valence-corrected chi connectivity index (χ4v) is 0.730. The molecule has 3 nitrogen and oxygen atoms in total. The maximum absolute atomic E-state index is 7.25. The molecule has 1 aromatic heterocycles. The van der Waals surface area contributed by atoms with E-state index in [-0.39, 0.29) is 5.90 Å². The van der Waals surface area contributed by atoms with Crippen molar-refractivity contribution in [2.24, 2.45) is 0 Å². The predicted molar refractivity (Wildman–Crippen MR) is 37.3 cm³/mol. The molecule has 0 aliphatic heterocycles. The van der Waals surface area contributed by atoms with Gasteiger partial charge in [0.05, 0.1) is 18.9 Å². The Morgan fingerprint density at radius 2 is 2.40 bits per heavy atom. The highest BCUT2D eigenvalue weighted by Gasteiger charge is 2.05. The molecule has 0 radical (unpaired) electrons. The smallest absolute Gasteiger partial charge is 0.216 e. The van der Waals surface area contributed by atoms with Gasteiger partial charge in [-0.05, 0) is 13.0 Å². The summed E-state index contributed by atoms with van der Waals surface area (Å²) in [5.41, 5.74) is 0.711. The highest BCUT2D eigenvalue weighted by molar-refractivity contribution is 5.92. The Hall–Kier alpha value is -1.25. The van der Waals surface area contributed by atoms with Crippen LogP contribution in [-0.4, -0.2) is 13.0 Å². The summed E-state index contributed by atoms with van der Waals surface area (Å²) < 4.78 is 9.67. The van der Waals surface area contributed by atoms with Crippen molar-refractivity contribution in [3.8, 4) is 0 Å². The zero-order chi connectivity index (χ0) is 7.56. The van der Waals surface area contributed by atoms with E-state index in [2.05, 4.69) is 0 Å². The molecule has 1 heterocycles. The number of hydrogen-bond donors (Lipinski definition) is 1. The number of nitrogens with one attached hydrogen (secondary N) is 1. The molecule has 0 unspecified atom stereocenters. The second kappa shape index (κ2) is 2.56. The molecule has 10 heavy (non-hydrogen) atoms. The van der Waals surface area contributed by atoms with E-state index in [0.29, 0.717) is 11.3 Å². The fraction of sp³-hybridized carbons (Fsp3) is 0.286. The molecule has 0 bridgehead atoms. The average Bonchev–Trinajstić information content (AvgIpc) is 2.34. The minimum Gasteiger partial charge on any atom is -0.481 e. The molecule has 1 N–H and O–H groups in total. The summed E-state index contributed by atoms with van der Waals surface area (Å²) in [6.45, 7) is 1.79. The Bertz CT molecular complexity index is 240. The molecule has 0 aromatic carbocycles. The van der Waals surface area contributed by atoms with Crippen LogP contribution in [0.5, 0.6) is 0 Å². The van der Waals surface area contributed by atoms with Gasteiger partial charge in [-0.15, -0.1) is 0 Å². The SMILES string of the molecule is COC(=N)c1ccoc1C. The zero-order valence-corrected chi connectivity index (χ0v) is 5.97. The topological polar surface area (TPSA) is 46.2 Å². The minimum absolute atomic E-state index is 0.145. The molecule has 3 heteroatoms. The third-order valence-electron chi connectivity index (χ3n) is 1.31. The Labute approximate surface area is 59.1 Å². The first-order valence-corrected chi connectivity index (χ1v) is 2.92. The number of furan rings is 1. The van der Waals surface area contributed by atoms with Crippen molar-refractivity contribution in [1.29, 1.82) is 5.41 Å². The van der Waals surface area contributed by atoms with Crippen LogP contribution >= 0.6 is 0 Å². The summed E-state index contributed by atoms with van der Waals surface area (Å²) >= 11 is 0. The van der Waals surface area contributed by atoms with Gasteiger partial charge in [0.15, 0.2) is 0 Å². The number of hydrogen-bond acceptors (Lipinski definition) is 3. The fourth-order valence-electron chi connectivity index (χ4n) is 0.730. The van der Waals surface area contributed by atoms with Crippen molar-refractivity contribution >= 4 is 5.90 Å². The molecule has 0 aliphatic rings. The monoisotopic (exact) mass is 139 g/mol. The predicted octanol–water partition coefficient (Wildman–Crippen LogP) is 1.56. The van der Waals surface area contributed by atoms with E-state index in [9.17, 15) is 0 Å². The number of ether oxygens (including phenoxy) is 1. The highest BCUT2D eigenvalue weighted by atomic mass is 16.5. The second-order valence-electron chi connectivity index (χ2n) is 1.92. The summed E-state index contributed by atoms with van der Waals surface area (Å²) in [5.74, 6) is 0.859. The molecule has 0 spiro atoms. The number of rotatable bonds is 1. The lowest BCUT2D eigenvalue weighted by Gasteiger charge is -1.97. The molecule has 1 aromatic rings. The third-order valence-corrected chi connectivity index (χ3v) is 1.31. The molecule has 0 saturated carbocycles. The van der Waals surface area contributed by atoms with E-state index < -0.39 is 0 Å². The van der Waals surface area contributed by atoms with E-state index in [4.69, 9.17) is 14.6 Å². The van der Waals surface area contributed by atoms with Gasteiger partial charge in [0.25, 0.3) is 0 Å². The van der Waals surface area contributed by atoms with Crippen molar-refractivity contribution < 1.29 is 9.15 Å². The molecule has 0 saturated heterocycles. The first-order valence-electron chi connectivity index (χ1n) is 2.92. The summed E-state index contributed by atoms with van der Waals surface area (Å²) in [7, 11) is 1.47. The normalized spacial score (nSPS) is 9.40. The Morgan fingerprint density at radius 1 is 1.70 bits per heavy atom. The van der Waals surface area contributed by atoms with Crippen LogP contribution in [-0.2, 0) is 4.74 Å². The van der Waals surface area contributed by atoms with Gasteiger partial charge in [-0.3, -0.25) is 5.41 Å². The number of methoxy groups -OCH3 is 1. The van der Waals surface area contributed by atoms with Gasteiger partial charge < -0.3 is 9.15 Å². The van der Waals surface area contributed by atoms with Gasteiger partial charge in [-0.1, -0.05) is 0 Å². The van der Waals surface area contributed by atoms with Crippen molar-refractivity contribution in [2.75, 3.05) is 7.11 Å². The van der Waals surface area contributed by atoms with Gasteiger partial charge in [0, 0.05) is 0 Å². The lowest BCUT2D eigenvalue weighted by molar-refractivity contribution is 0.399. The highest BCUT2D eigenvalue weighted by Crippen LogP contribution is 2.08. The van der Waals surface area contributed by atoms with Crippen LogP contribution < -0.4 is 0 Å². The molecule has 1 rings (SSSR count). The van der Waals surface area contributed by atoms with E-state index in [1.165, 1.54) is 13.4 Å². The maximum atomic E-state index is 7.25. The zero-order valence-electron chi connectivity index (χ0n) is 5.97. The first-order chi connectivity index (χ1) is 4.75. The van der Waals surface area contributed by atoms with E-state index >= 15 is 0 Å². The van der Waals surface area contributed by atoms with E-state index in [1.54, 1.807) is 13.0 Å². The van der Waals surface area contributed by atoms with Crippen LogP contribution in [0.15, 0.2) is 16.7 Å². The van der Waals surface area contributed by atoms with Gasteiger partial charge in [0.2, 0.25) is 5.90 Å². The molecule has 0 atom stereocenters. The standard InChI is InChI=1S/C7H9NO2/c1-5-6(3-4-10-5)7(8)9-2/h3-4,8H,1-2H3. The largest absolute Gasteiger partial charge is 0.481 e. The van der Waals surface area contributed by atoms with Gasteiger partial charge in [-0.2, -0.15) is 0 Å². The van der Waals surface area contributed by atoms with Crippen LogP contribution in [0, 0.1) is 12.3 Å². The molecule has 0 fully saturated rings. The number of aryl methyl sites for hydroxylation is 1. The summed E-state index contributed by atoms with van der Waals surface area (Å²) in [5, 5.41) is 7.25. The van der Waals surface area contributed by atoms with Crippen LogP contribution in [0.1, 0.15) is 11.3 Å². The van der Waals surface area contributed by atoms with Crippen LogP contribution in [0.2, 0.25) is 0 Å². The second-order valence-corrected chi connectivity index (χ2v) is 1.92. The van der Waals surface area contributed by atoms with Gasteiger partial charge >= 0.3 is 0 Å². The lowest BCUT2D eigenvalue weighted by atomic mass is 10.3. The Kier molecular flexibility index (Phi) is 1.76. The molecule has 0 amide bonds. The average molecular weight is 139 g/mol. The first kappa shape index (κ1) is 6.86. The summed E-state index contributed by atoms with van der Waals surface area (Å²) in [4.78, 5) is 0. The third kappa shape index (κ3) is 1.03. The van der Waals surface area contributed by atoms with Crippen LogP contribution in [0.25, 0.3) is 0 Å². The Balaban J connectivity index is 2.93. The van der Waals surface area contributed by atoms with E-state index in [1.807, 2.05) is 0 Å². The van der Waals surface area contributed by atoms with Crippen LogP contribution in [0.3, 0.4) is 0 Å². The van der Waals surface area contributed by atoms with Gasteiger partial charge in [0.1, 0.15) is 5.76 Å². The van der Waals surface area contributed by atoms with Crippen molar-refractivity contribution in [2.45, 2.75) is 6.92 Å². The quantitative estimate of drug-likeness (QED) is 0.474. The Morgan fingerprint density at radius 3 is 2.80 bits per heavy atom. The van der Waals surface area contributed by atoms with Gasteiger partial charge in [-0.25, -0.2) is 0 Å². The van der Waals surface area contributed by atoms with Crippen LogP contribution in [0.4, 0.5) is 0 Å². The molecule has 0 aliphatic carbocycles. The molecule has 54 valence electrons. The minimum atomic E-state index is 0.145. The molecular formula is C7H9NO2. The summed E-state index contributed by atoms with van der Waals surface area (Å²) in [6, 6.07) is 1.71. The van der Waals surface area contributed by atoms with E-state index in [0.717, 1.165) is 0 Å². The summed E-state index contributed by atoms with van der Waals surface area (Å²) in [6.07, 6.45) is 1.54.